The van der Waals surface area contributed by atoms with Crippen LogP contribution in [0.4, 0.5) is 0 Å². The number of aromatic nitrogens is 2. The maximum atomic E-state index is 5.47. The zero-order valence-electron chi connectivity index (χ0n) is 13.8. The Labute approximate surface area is 136 Å². The minimum Gasteiger partial charge on any atom is -0.481 e. The van der Waals surface area contributed by atoms with Crippen molar-refractivity contribution in [2.24, 2.45) is 0 Å². The molecule has 1 N–H and O–H groups in total. The van der Waals surface area contributed by atoms with E-state index < -0.39 is 0 Å². The Kier molecular flexibility index (Phi) is 4.53. The predicted molar refractivity (Wildman–Crippen MR) is 92.5 cm³/mol. The lowest BCUT2D eigenvalue weighted by Gasteiger charge is -2.12. The van der Waals surface area contributed by atoms with Crippen LogP contribution in [0.1, 0.15) is 22.4 Å². The number of fused-ring (bicyclic) bond motifs is 1. The third-order valence-corrected chi connectivity index (χ3v) is 3.87. The Bertz CT molecular complexity index is 816. The number of nitrogens with zero attached hydrogens (tertiary/aromatic N) is 2. The first-order valence-electron chi connectivity index (χ1n) is 7.73. The van der Waals surface area contributed by atoms with Gasteiger partial charge in [0.15, 0.2) is 0 Å². The molecule has 1 aromatic carbocycles. The van der Waals surface area contributed by atoms with Crippen LogP contribution in [0.3, 0.4) is 0 Å². The molecule has 0 amide bonds. The topological polar surface area (TPSA) is 47.0 Å². The van der Waals surface area contributed by atoms with Crippen LogP contribution < -0.4 is 10.1 Å². The quantitative estimate of drug-likeness (QED) is 0.783. The van der Waals surface area contributed by atoms with Gasteiger partial charge in [0.1, 0.15) is 0 Å². The number of ether oxygens (including phenoxy) is 1. The molecule has 0 atom stereocenters. The summed E-state index contributed by atoms with van der Waals surface area (Å²) in [4.78, 5) is 8.98. The average Bonchev–Trinajstić information content (AvgIpc) is 2.55. The lowest BCUT2D eigenvalue weighted by atomic mass is 10.0. The molecule has 0 saturated carbocycles. The predicted octanol–water partition coefficient (Wildman–Crippen LogP) is 3.55. The highest BCUT2D eigenvalue weighted by Crippen LogP contribution is 2.25. The molecule has 0 radical (unpaired) electrons. The summed E-state index contributed by atoms with van der Waals surface area (Å²) in [6, 6.07) is 12.4. The highest BCUT2D eigenvalue weighted by atomic mass is 16.5. The Morgan fingerprint density at radius 2 is 1.96 bits per heavy atom. The van der Waals surface area contributed by atoms with Crippen molar-refractivity contribution < 1.29 is 4.74 Å². The summed E-state index contributed by atoms with van der Waals surface area (Å²) in [6.45, 7) is 5.61. The number of methoxy groups -OCH3 is 1. The summed E-state index contributed by atoms with van der Waals surface area (Å²) >= 11 is 0. The van der Waals surface area contributed by atoms with E-state index in [2.05, 4.69) is 47.3 Å². The number of aryl methyl sites for hydroxylation is 2. The molecule has 3 aromatic rings. The van der Waals surface area contributed by atoms with E-state index in [9.17, 15) is 0 Å². The van der Waals surface area contributed by atoms with Crippen LogP contribution in [-0.2, 0) is 13.1 Å². The van der Waals surface area contributed by atoms with Crippen molar-refractivity contribution in [3.63, 3.8) is 0 Å². The third kappa shape index (κ3) is 3.48. The van der Waals surface area contributed by atoms with E-state index in [1.54, 1.807) is 13.3 Å². The van der Waals surface area contributed by atoms with Crippen LogP contribution in [0.15, 0.2) is 42.6 Å². The number of benzene rings is 1. The van der Waals surface area contributed by atoms with Gasteiger partial charge in [-0.2, -0.15) is 0 Å². The van der Waals surface area contributed by atoms with E-state index in [0.717, 1.165) is 23.3 Å². The van der Waals surface area contributed by atoms with Gasteiger partial charge in [-0.15, -0.1) is 0 Å². The van der Waals surface area contributed by atoms with Gasteiger partial charge in [0.25, 0.3) is 0 Å². The monoisotopic (exact) mass is 307 g/mol. The first-order valence-corrected chi connectivity index (χ1v) is 7.73. The molecule has 2 aromatic heterocycles. The minimum absolute atomic E-state index is 0.677. The summed E-state index contributed by atoms with van der Waals surface area (Å²) in [5.74, 6) is 0.677. The van der Waals surface area contributed by atoms with Crippen LogP contribution in [0.2, 0.25) is 0 Å². The molecule has 2 heterocycles. The van der Waals surface area contributed by atoms with E-state index in [1.807, 2.05) is 18.2 Å². The van der Waals surface area contributed by atoms with Gasteiger partial charge in [0.2, 0.25) is 5.88 Å². The summed E-state index contributed by atoms with van der Waals surface area (Å²) in [6.07, 6.45) is 1.81. The van der Waals surface area contributed by atoms with E-state index >= 15 is 0 Å². The van der Waals surface area contributed by atoms with Crippen LogP contribution >= 0.6 is 0 Å². The maximum Gasteiger partial charge on any atom is 0.218 e. The number of nitrogens with one attached hydrogen (secondary N) is 1. The summed E-state index contributed by atoms with van der Waals surface area (Å²) in [7, 11) is 1.67. The number of hydrogen-bond acceptors (Lipinski definition) is 4. The van der Waals surface area contributed by atoms with Crippen LogP contribution in [0.25, 0.3) is 10.9 Å². The molecule has 0 aliphatic heterocycles. The van der Waals surface area contributed by atoms with Crippen molar-refractivity contribution in [1.82, 2.24) is 15.3 Å². The Balaban J connectivity index is 1.84. The third-order valence-electron chi connectivity index (χ3n) is 3.87. The van der Waals surface area contributed by atoms with E-state index in [4.69, 9.17) is 4.74 Å². The molecular formula is C19H21N3O. The standard InChI is InChI=1S/C19H21N3O/c1-13-8-14(2)17-10-15(19(23-3)22-18(17)9-13)11-20-12-16-6-4-5-7-21-16/h4-10,20H,11-12H2,1-3H3. The Morgan fingerprint density at radius 1 is 1.09 bits per heavy atom. The first-order chi connectivity index (χ1) is 11.2. The molecule has 23 heavy (non-hydrogen) atoms. The second-order valence-corrected chi connectivity index (χ2v) is 5.73. The molecule has 0 saturated heterocycles. The summed E-state index contributed by atoms with van der Waals surface area (Å²) in [5, 5.41) is 4.58. The Morgan fingerprint density at radius 3 is 2.70 bits per heavy atom. The zero-order valence-corrected chi connectivity index (χ0v) is 13.8. The van der Waals surface area contributed by atoms with Crippen molar-refractivity contribution in [2.45, 2.75) is 26.9 Å². The van der Waals surface area contributed by atoms with Crippen molar-refractivity contribution in [3.05, 3.63) is 65.0 Å². The van der Waals surface area contributed by atoms with Crippen molar-refractivity contribution >= 4 is 10.9 Å². The Hall–Kier alpha value is -2.46. The first kappa shape index (κ1) is 15.4. The van der Waals surface area contributed by atoms with E-state index in [0.29, 0.717) is 12.4 Å². The van der Waals surface area contributed by atoms with Gasteiger partial charge < -0.3 is 10.1 Å². The molecule has 3 rings (SSSR count). The number of pyridine rings is 2. The number of rotatable bonds is 5. The molecule has 0 unspecified atom stereocenters. The fraction of sp³-hybridized carbons (Fsp3) is 0.263. The average molecular weight is 307 g/mol. The molecule has 0 aliphatic rings. The highest BCUT2D eigenvalue weighted by Gasteiger charge is 2.09. The van der Waals surface area contributed by atoms with Gasteiger partial charge in [-0.3, -0.25) is 4.98 Å². The molecule has 4 heteroatoms. The van der Waals surface area contributed by atoms with Crippen LogP contribution in [0, 0.1) is 13.8 Å². The van der Waals surface area contributed by atoms with Gasteiger partial charge in [-0.1, -0.05) is 12.1 Å². The number of hydrogen-bond donors (Lipinski definition) is 1. The SMILES string of the molecule is COc1nc2cc(C)cc(C)c2cc1CNCc1ccccn1. The normalized spacial score (nSPS) is 10.9. The highest BCUT2D eigenvalue weighted by molar-refractivity contribution is 5.84. The largest absolute Gasteiger partial charge is 0.481 e. The molecule has 4 nitrogen and oxygen atoms in total. The van der Waals surface area contributed by atoms with Gasteiger partial charge in [-0.25, -0.2) is 4.98 Å². The van der Waals surface area contributed by atoms with E-state index in [-0.39, 0.29) is 0 Å². The maximum absolute atomic E-state index is 5.47. The van der Waals surface area contributed by atoms with Crippen molar-refractivity contribution in [1.29, 1.82) is 0 Å². The summed E-state index contributed by atoms with van der Waals surface area (Å²) < 4.78 is 5.47. The molecule has 0 aliphatic carbocycles. The van der Waals surface area contributed by atoms with Gasteiger partial charge in [0.05, 0.1) is 18.3 Å². The van der Waals surface area contributed by atoms with Gasteiger partial charge in [0, 0.05) is 30.2 Å². The summed E-state index contributed by atoms with van der Waals surface area (Å²) in [5.41, 5.74) is 5.51. The van der Waals surface area contributed by atoms with Crippen molar-refractivity contribution in [2.75, 3.05) is 7.11 Å². The second-order valence-electron chi connectivity index (χ2n) is 5.73. The minimum atomic E-state index is 0.677. The van der Waals surface area contributed by atoms with Crippen LogP contribution in [0.5, 0.6) is 5.88 Å². The zero-order chi connectivity index (χ0) is 16.2. The molecule has 0 spiro atoms. The fourth-order valence-electron chi connectivity index (χ4n) is 2.79. The van der Waals surface area contributed by atoms with Gasteiger partial charge >= 0.3 is 0 Å². The van der Waals surface area contributed by atoms with E-state index in [1.165, 1.54) is 16.5 Å². The smallest absolute Gasteiger partial charge is 0.218 e. The lowest BCUT2D eigenvalue weighted by Crippen LogP contribution is -2.14. The fourth-order valence-corrected chi connectivity index (χ4v) is 2.79. The second kappa shape index (κ2) is 6.75. The molecule has 118 valence electrons. The van der Waals surface area contributed by atoms with Gasteiger partial charge in [-0.05, 0) is 49.2 Å². The van der Waals surface area contributed by atoms with Crippen molar-refractivity contribution in [3.8, 4) is 5.88 Å². The van der Waals surface area contributed by atoms with Crippen LogP contribution in [-0.4, -0.2) is 17.1 Å². The molecule has 0 fully saturated rings. The molecule has 0 bridgehead atoms. The lowest BCUT2D eigenvalue weighted by molar-refractivity contribution is 0.392. The molecular weight excluding hydrogens is 286 g/mol.